The lowest BCUT2D eigenvalue weighted by atomic mass is 9.95. The van der Waals surface area contributed by atoms with Crippen LogP contribution in [0.4, 0.5) is 4.39 Å². The number of hydrogen-bond donors (Lipinski definition) is 0. The molecule has 0 spiro atoms. The van der Waals surface area contributed by atoms with Crippen LogP contribution in [0.5, 0.6) is 0 Å². The van der Waals surface area contributed by atoms with Gasteiger partial charge in [-0.05, 0) is 80.5 Å². The van der Waals surface area contributed by atoms with Crippen molar-refractivity contribution in [1.82, 2.24) is 4.90 Å². The van der Waals surface area contributed by atoms with Crippen molar-refractivity contribution in [2.45, 2.75) is 33.0 Å². The minimum atomic E-state index is -0.237. The monoisotopic (exact) mass is 340 g/mol. The third kappa shape index (κ3) is 4.88. The highest BCUT2D eigenvalue weighted by Gasteiger charge is 2.26. The second kappa shape index (κ2) is 8.75. The molecule has 2 aromatic rings. The molecule has 0 fully saturated rings. The molecule has 25 heavy (non-hydrogen) atoms. The van der Waals surface area contributed by atoms with Crippen LogP contribution >= 0.6 is 0 Å². The lowest BCUT2D eigenvalue weighted by Crippen LogP contribution is -2.11. The summed E-state index contributed by atoms with van der Waals surface area (Å²) in [6, 6.07) is 12.4. The Morgan fingerprint density at radius 3 is 2.48 bits per heavy atom. The van der Waals surface area contributed by atoms with Gasteiger partial charge in [-0.25, -0.2) is 4.39 Å². The second-order valence-electron chi connectivity index (χ2n) is 6.52. The Labute approximate surface area is 149 Å². The van der Waals surface area contributed by atoms with Crippen LogP contribution in [0, 0.1) is 24.1 Å². The van der Waals surface area contributed by atoms with Crippen molar-refractivity contribution >= 4 is 0 Å². The molecule has 0 aromatic heterocycles. The van der Waals surface area contributed by atoms with E-state index in [9.17, 15) is 4.39 Å². The minimum Gasteiger partial charge on any atom is -0.364 e. The number of ether oxygens (including phenoxy) is 1. The quantitative estimate of drug-likeness (QED) is 0.820. The summed E-state index contributed by atoms with van der Waals surface area (Å²) in [5.41, 5.74) is 4.59. The SMILES string of the molecule is CCCN(C)C.Cc1cc(F)ccc1C1OCc2cc(C#N)ccc21. The molecule has 3 rings (SSSR count). The summed E-state index contributed by atoms with van der Waals surface area (Å²) in [6.07, 6.45) is 1.09. The van der Waals surface area contributed by atoms with Crippen molar-refractivity contribution in [3.8, 4) is 6.07 Å². The number of aryl methyl sites for hydroxylation is 1. The third-order valence-electron chi connectivity index (χ3n) is 4.15. The lowest BCUT2D eigenvalue weighted by molar-refractivity contribution is 0.0934. The number of benzene rings is 2. The van der Waals surface area contributed by atoms with E-state index in [0.29, 0.717) is 12.2 Å². The molecule has 4 heteroatoms. The van der Waals surface area contributed by atoms with Gasteiger partial charge in [0.15, 0.2) is 0 Å². The molecule has 2 aromatic carbocycles. The predicted octanol–water partition coefficient (Wildman–Crippen LogP) is 4.58. The molecule has 1 aliphatic rings. The zero-order valence-corrected chi connectivity index (χ0v) is 15.3. The summed E-state index contributed by atoms with van der Waals surface area (Å²) in [6.45, 7) is 5.76. The van der Waals surface area contributed by atoms with Crippen LogP contribution in [0.25, 0.3) is 0 Å². The number of rotatable bonds is 3. The Balaban J connectivity index is 0.000000326. The Morgan fingerprint density at radius 1 is 1.20 bits per heavy atom. The molecular weight excluding hydrogens is 315 g/mol. The number of nitrogens with zero attached hydrogens (tertiary/aromatic N) is 2. The minimum absolute atomic E-state index is 0.164. The number of hydrogen-bond acceptors (Lipinski definition) is 3. The first kappa shape index (κ1) is 19.1. The second-order valence-corrected chi connectivity index (χ2v) is 6.52. The van der Waals surface area contributed by atoms with E-state index in [1.54, 1.807) is 12.1 Å². The van der Waals surface area contributed by atoms with E-state index in [1.165, 1.54) is 25.1 Å². The van der Waals surface area contributed by atoms with E-state index in [0.717, 1.165) is 22.3 Å². The fraction of sp³-hybridized carbons (Fsp3) is 0.381. The van der Waals surface area contributed by atoms with Crippen molar-refractivity contribution in [2.24, 2.45) is 0 Å². The van der Waals surface area contributed by atoms with Gasteiger partial charge in [0.2, 0.25) is 0 Å². The number of nitriles is 1. The summed E-state index contributed by atoms with van der Waals surface area (Å²) in [7, 11) is 4.17. The standard InChI is InChI=1S/C16H12FNO.C5H13N/c1-10-6-13(17)3-5-14(10)16-15-4-2-11(8-18)7-12(15)9-19-16;1-4-5-6(2)3/h2-7,16H,9H2,1H3;4-5H2,1-3H3. The van der Waals surface area contributed by atoms with Crippen LogP contribution in [0.2, 0.25) is 0 Å². The zero-order valence-electron chi connectivity index (χ0n) is 15.3. The Hall–Kier alpha value is -2.22. The average molecular weight is 340 g/mol. The van der Waals surface area contributed by atoms with Gasteiger partial charge in [0, 0.05) is 0 Å². The summed E-state index contributed by atoms with van der Waals surface area (Å²) in [4.78, 5) is 2.18. The van der Waals surface area contributed by atoms with Gasteiger partial charge in [0.05, 0.1) is 18.2 Å². The van der Waals surface area contributed by atoms with E-state index in [2.05, 4.69) is 32.0 Å². The first-order valence-corrected chi connectivity index (χ1v) is 8.51. The maximum Gasteiger partial charge on any atom is 0.123 e. The molecule has 1 heterocycles. The zero-order chi connectivity index (χ0) is 18.4. The normalized spacial score (nSPS) is 15.3. The van der Waals surface area contributed by atoms with Crippen LogP contribution in [0.1, 0.15) is 47.3 Å². The third-order valence-corrected chi connectivity index (χ3v) is 4.15. The van der Waals surface area contributed by atoms with Gasteiger partial charge in [0.1, 0.15) is 11.9 Å². The van der Waals surface area contributed by atoms with Crippen molar-refractivity contribution in [2.75, 3.05) is 20.6 Å². The predicted molar refractivity (Wildman–Crippen MR) is 97.8 cm³/mol. The molecule has 1 unspecified atom stereocenters. The van der Waals surface area contributed by atoms with E-state index >= 15 is 0 Å². The maximum atomic E-state index is 13.2. The highest BCUT2D eigenvalue weighted by molar-refractivity contribution is 5.45. The van der Waals surface area contributed by atoms with E-state index < -0.39 is 0 Å². The summed E-state index contributed by atoms with van der Waals surface area (Å²) in [5, 5.41) is 8.89. The van der Waals surface area contributed by atoms with Gasteiger partial charge < -0.3 is 9.64 Å². The summed E-state index contributed by atoms with van der Waals surface area (Å²) in [5.74, 6) is -0.237. The highest BCUT2D eigenvalue weighted by Crippen LogP contribution is 2.37. The highest BCUT2D eigenvalue weighted by atomic mass is 19.1. The first-order chi connectivity index (χ1) is 12.0. The molecule has 1 aliphatic heterocycles. The van der Waals surface area contributed by atoms with Gasteiger partial charge in [-0.1, -0.05) is 19.1 Å². The maximum absolute atomic E-state index is 13.2. The molecule has 132 valence electrons. The summed E-state index contributed by atoms with van der Waals surface area (Å²) < 4.78 is 18.9. The Morgan fingerprint density at radius 2 is 1.92 bits per heavy atom. The van der Waals surface area contributed by atoms with Crippen LogP contribution in [0.15, 0.2) is 36.4 Å². The number of fused-ring (bicyclic) bond motifs is 1. The van der Waals surface area contributed by atoms with Gasteiger partial charge >= 0.3 is 0 Å². The largest absolute Gasteiger partial charge is 0.364 e. The van der Waals surface area contributed by atoms with Crippen molar-refractivity contribution in [1.29, 1.82) is 5.26 Å². The molecule has 0 saturated heterocycles. The fourth-order valence-electron chi connectivity index (χ4n) is 2.96. The topological polar surface area (TPSA) is 36.3 Å². The van der Waals surface area contributed by atoms with Crippen LogP contribution < -0.4 is 0 Å². The van der Waals surface area contributed by atoms with Gasteiger partial charge in [-0.2, -0.15) is 5.26 Å². The van der Waals surface area contributed by atoms with Gasteiger partial charge in [-0.15, -0.1) is 0 Å². The first-order valence-electron chi connectivity index (χ1n) is 8.51. The van der Waals surface area contributed by atoms with Crippen LogP contribution in [-0.4, -0.2) is 25.5 Å². The van der Waals surface area contributed by atoms with Crippen molar-refractivity contribution in [3.63, 3.8) is 0 Å². The molecule has 3 nitrogen and oxygen atoms in total. The van der Waals surface area contributed by atoms with Gasteiger partial charge in [-0.3, -0.25) is 0 Å². The van der Waals surface area contributed by atoms with E-state index in [1.807, 2.05) is 19.1 Å². The van der Waals surface area contributed by atoms with Crippen molar-refractivity contribution < 1.29 is 9.13 Å². The number of halogens is 1. The fourth-order valence-corrected chi connectivity index (χ4v) is 2.96. The summed E-state index contributed by atoms with van der Waals surface area (Å²) >= 11 is 0. The lowest BCUT2D eigenvalue weighted by Gasteiger charge is -2.14. The molecule has 0 radical (unpaired) electrons. The van der Waals surface area contributed by atoms with Crippen molar-refractivity contribution in [3.05, 3.63) is 70.0 Å². The molecule has 0 amide bonds. The van der Waals surface area contributed by atoms with Gasteiger partial charge in [0.25, 0.3) is 0 Å². The average Bonchev–Trinajstić information content (AvgIpc) is 2.98. The molecule has 0 N–H and O–H groups in total. The molecular formula is C21H25FN2O. The molecule has 0 saturated carbocycles. The van der Waals surface area contributed by atoms with E-state index in [4.69, 9.17) is 10.00 Å². The molecule has 1 atom stereocenters. The Bertz CT molecular complexity index is 765. The molecule has 0 bridgehead atoms. The molecule has 0 aliphatic carbocycles. The smallest absolute Gasteiger partial charge is 0.123 e. The Kier molecular flexibility index (Phi) is 6.69. The van der Waals surface area contributed by atoms with E-state index in [-0.39, 0.29) is 11.9 Å². The van der Waals surface area contributed by atoms with Crippen LogP contribution in [0.3, 0.4) is 0 Å². The van der Waals surface area contributed by atoms with Crippen LogP contribution in [-0.2, 0) is 11.3 Å².